The summed E-state index contributed by atoms with van der Waals surface area (Å²) in [6, 6.07) is 10.3. The molecule has 43 heavy (non-hydrogen) atoms. The molecule has 0 saturated carbocycles. The number of hydrogen-bond donors (Lipinski definition) is 0. The van der Waals surface area contributed by atoms with Gasteiger partial charge in [-0.2, -0.15) is 0 Å². The zero-order valence-corrected chi connectivity index (χ0v) is 25.0. The summed E-state index contributed by atoms with van der Waals surface area (Å²) in [4.78, 5) is 68.0. The third-order valence-corrected chi connectivity index (χ3v) is 7.69. The number of para-hydroxylation sites is 1. The first-order valence-electron chi connectivity index (χ1n) is 14.3. The first-order chi connectivity index (χ1) is 20.4. The van der Waals surface area contributed by atoms with Crippen molar-refractivity contribution in [3.05, 3.63) is 58.5 Å². The van der Waals surface area contributed by atoms with E-state index in [4.69, 9.17) is 14.2 Å². The highest BCUT2D eigenvalue weighted by atomic mass is 16.6. The predicted molar refractivity (Wildman–Crippen MR) is 156 cm³/mol. The number of aryl methyl sites for hydroxylation is 1. The van der Waals surface area contributed by atoms with E-state index in [0.29, 0.717) is 53.4 Å². The number of fused-ring (bicyclic) bond motifs is 1. The highest BCUT2D eigenvalue weighted by Crippen LogP contribution is 2.32. The number of likely N-dealkylation sites (tertiary alicyclic amines) is 2. The monoisotopic (exact) mass is 592 g/mol. The van der Waals surface area contributed by atoms with Gasteiger partial charge in [0.25, 0.3) is 11.8 Å². The molecule has 5 rings (SSSR count). The average Bonchev–Trinajstić information content (AvgIpc) is 3.22. The summed E-state index contributed by atoms with van der Waals surface area (Å²) < 4.78 is 19.7. The van der Waals surface area contributed by atoms with Crippen LogP contribution in [0.4, 0.5) is 4.79 Å². The van der Waals surface area contributed by atoms with Crippen molar-refractivity contribution in [2.75, 3.05) is 20.2 Å². The van der Waals surface area contributed by atoms with E-state index in [-0.39, 0.29) is 30.6 Å². The lowest BCUT2D eigenvalue weighted by atomic mass is 10.0. The molecule has 2 aliphatic rings. The lowest BCUT2D eigenvalue weighted by molar-refractivity contribution is -0.147. The first kappa shape index (κ1) is 29.9. The second-order valence-electron chi connectivity index (χ2n) is 11.8. The number of nitrogens with zero attached hydrogens (tertiary/aromatic N) is 4. The average molecular weight is 593 g/mol. The molecule has 2 fully saturated rings. The van der Waals surface area contributed by atoms with Gasteiger partial charge in [0.2, 0.25) is 5.91 Å². The maximum atomic E-state index is 13.7. The minimum atomic E-state index is -1.05. The number of imide groups is 3. The lowest BCUT2D eigenvalue weighted by Gasteiger charge is -2.33. The van der Waals surface area contributed by atoms with Crippen molar-refractivity contribution in [3.63, 3.8) is 0 Å². The summed E-state index contributed by atoms with van der Waals surface area (Å²) in [5, 5.41) is 0. The number of imidazole rings is 1. The van der Waals surface area contributed by atoms with Gasteiger partial charge in [0.15, 0.2) is 0 Å². The van der Waals surface area contributed by atoms with Crippen molar-refractivity contribution in [2.24, 2.45) is 7.05 Å². The van der Waals surface area contributed by atoms with Crippen LogP contribution < -0.4 is 15.2 Å². The molecule has 2 saturated heterocycles. The molecule has 0 spiro atoms. The second kappa shape index (κ2) is 11.6. The standard InChI is InChI=1S/C31H36N4O8/c1-31(2,3)43-30(40)33-17-15-21(16-18-33)42-24-8-6-7-22-26(24)32(4)29(39)34(22)23-13-14-25(36)35(28(23)38)27(37)19-9-11-20(41-5)12-10-19/h6-12,21,23H,13-18H2,1-5H3. The molecule has 0 radical (unpaired) electrons. The van der Waals surface area contributed by atoms with E-state index in [1.54, 1.807) is 42.3 Å². The topological polar surface area (TPSA) is 129 Å². The van der Waals surface area contributed by atoms with E-state index < -0.39 is 35.1 Å². The number of amides is 4. The highest BCUT2D eigenvalue weighted by molar-refractivity contribution is 6.18. The molecule has 12 nitrogen and oxygen atoms in total. The summed E-state index contributed by atoms with van der Waals surface area (Å²) >= 11 is 0. The summed E-state index contributed by atoms with van der Waals surface area (Å²) in [6.07, 6.45) is 0.605. The zero-order valence-electron chi connectivity index (χ0n) is 25.0. The Balaban J connectivity index is 1.38. The minimum Gasteiger partial charge on any atom is -0.497 e. The molecule has 4 amide bonds. The molecule has 3 aromatic rings. The molecule has 1 atom stereocenters. The van der Waals surface area contributed by atoms with Gasteiger partial charge in [-0.25, -0.2) is 14.5 Å². The maximum Gasteiger partial charge on any atom is 0.410 e. The Hall–Kier alpha value is -4.61. The van der Waals surface area contributed by atoms with Gasteiger partial charge < -0.3 is 19.1 Å². The summed E-state index contributed by atoms with van der Waals surface area (Å²) in [6.45, 7) is 6.42. The quantitative estimate of drug-likeness (QED) is 0.411. The van der Waals surface area contributed by atoms with Crippen molar-refractivity contribution in [2.45, 2.75) is 64.2 Å². The Labute approximate surface area is 248 Å². The van der Waals surface area contributed by atoms with Crippen LogP contribution in [0.1, 0.15) is 62.9 Å². The number of benzene rings is 2. The van der Waals surface area contributed by atoms with Crippen LogP contribution in [0.25, 0.3) is 11.0 Å². The van der Waals surface area contributed by atoms with E-state index in [1.807, 2.05) is 20.8 Å². The third-order valence-electron chi connectivity index (χ3n) is 7.69. The van der Waals surface area contributed by atoms with Crippen LogP contribution in [-0.2, 0) is 21.4 Å². The van der Waals surface area contributed by atoms with Gasteiger partial charge in [-0.3, -0.25) is 23.5 Å². The molecule has 1 aromatic heterocycles. The molecule has 228 valence electrons. The number of piperidine rings is 2. The van der Waals surface area contributed by atoms with Crippen molar-refractivity contribution >= 4 is 34.8 Å². The van der Waals surface area contributed by atoms with Crippen LogP contribution in [0.3, 0.4) is 0 Å². The van der Waals surface area contributed by atoms with Crippen molar-refractivity contribution in [1.29, 1.82) is 0 Å². The molecule has 12 heteroatoms. The molecule has 2 aliphatic heterocycles. The zero-order chi connectivity index (χ0) is 31.1. The fourth-order valence-corrected chi connectivity index (χ4v) is 5.54. The van der Waals surface area contributed by atoms with Gasteiger partial charge in [-0.15, -0.1) is 0 Å². The molecule has 1 unspecified atom stereocenters. The molecule has 3 heterocycles. The normalized spacial score (nSPS) is 18.2. The van der Waals surface area contributed by atoms with E-state index in [9.17, 15) is 24.0 Å². The summed E-state index contributed by atoms with van der Waals surface area (Å²) in [7, 11) is 3.09. The number of methoxy groups -OCH3 is 1. The SMILES string of the molecule is COc1ccc(C(=O)N2C(=O)CCC(n3c(=O)n(C)c4c(OC5CCN(C(=O)OC(C)(C)C)CC5)cccc43)C2=O)cc1. The maximum absolute atomic E-state index is 13.7. The first-order valence-corrected chi connectivity index (χ1v) is 14.3. The third kappa shape index (κ3) is 5.86. The molecule has 2 aromatic carbocycles. The molecular weight excluding hydrogens is 556 g/mol. The van der Waals surface area contributed by atoms with Gasteiger partial charge >= 0.3 is 11.8 Å². The second-order valence-corrected chi connectivity index (χ2v) is 11.8. The van der Waals surface area contributed by atoms with Crippen LogP contribution in [0.15, 0.2) is 47.3 Å². The number of carbonyl (C=O) groups is 4. The van der Waals surface area contributed by atoms with Gasteiger partial charge in [-0.1, -0.05) is 6.07 Å². The number of aromatic nitrogens is 2. The van der Waals surface area contributed by atoms with Crippen molar-refractivity contribution in [1.82, 2.24) is 18.9 Å². The van der Waals surface area contributed by atoms with E-state index in [0.717, 1.165) is 0 Å². The van der Waals surface area contributed by atoms with Crippen LogP contribution in [0.2, 0.25) is 0 Å². The van der Waals surface area contributed by atoms with Gasteiger partial charge in [0.05, 0.1) is 12.6 Å². The summed E-state index contributed by atoms with van der Waals surface area (Å²) in [5.74, 6) is -1.13. The molecular formula is C31H36N4O8. The van der Waals surface area contributed by atoms with Crippen molar-refractivity contribution < 1.29 is 33.4 Å². The van der Waals surface area contributed by atoms with Crippen LogP contribution >= 0.6 is 0 Å². The van der Waals surface area contributed by atoms with Gasteiger partial charge in [-0.05, 0) is 63.6 Å². The smallest absolute Gasteiger partial charge is 0.410 e. The largest absolute Gasteiger partial charge is 0.497 e. The summed E-state index contributed by atoms with van der Waals surface area (Å²) in [5.41, 5.74) is 0.0723. The fraction of sp³-hybridized carbons (Fsp3) is 0.452. The van der Waals surface area contributed by atoms with Gasteiger partial charge in [0.1, 0.15) is 34.8 Å². The Morgan fingerprint density at radius 2 is 1.60 bits per heavy atom. The molecule has 0 bridgehead atoms. The molecule has 0 aliphatic carbocycles. The Kier molecular flexibility index (Phi) is 8.04. The molecule has 0 N–H and O–H groups in total. The Bertz CT molecular complexity index is 1620. The number of hydrogen-bond acceptors (Lipinski definition) is 8. The van der Waals surface area contributed by atoms with Crippen LogP contribution in [-0.4, -0.2) is 74.7 Å². The Morgan fingerprint density at radius 1 is 0.930 bits per heavy atom. The number of carbonyl (C=O) groups excluding carboxylic acids is 4. The Morgan fingerprint density at radius 3 is 2.23 bits per heavy atom. The lowest BCUT2D eigenvalue weighted by Crippen LogP contribution is -2.50. The minimum absolute atomic E-state index is 0.0759. The van der Waals surface area contributed by atoms with Crippen LogP contribution in [0.5, 0.6) is 11.5 Å². The van der Waals surface area contributed by atoms with E-state index in [2.05, 4.69) is 0 Å². The van der Waals surface area contributed by atoms with Gasteiger partial charge in [0, 0.05) is 45.0 Å². The van der Waals surface area contributed by atoms with E-state index in [1.165, 1.54) is 28.4 Å². The van der Waals surface area contributed by atoms with E-state index >= 15 is 0 Å². The highest BCUT2D eigenvalue weighted by Gasteiger charge is 2.41. The fourth-order valence-electron chi connectivity index (χ4n) is 5.54. The number of rotatable bonds is 5. The predicted octanol–water partition coefficient (Wildman–Crippen LogP) is 3.66. The van der Waals surface area contributed by atoms with Crippen molar-refractivity contribution in [3.8, 4) is 11.5 Å². The number of ether oxygens (including phenoxy) is 3. The van der Waals surface area contributed by atoms with Crippen LogP contribution in [0, 0.1) is 0 Å².